The van der Waals surface area contributed by atoms with Gasteiger partial charge >= 0.3 is 0 Å². The van der Waals surface area contributed by atoms with Gasteiger partial charge < -0.3 is 11.1 Å². The van der Waals surface area contributed by atoms with Gasteiger partial charge in [-0.2, -0.15) is 0 Å². The maximum absolute atomic E-state index is 12.0. The molecular weight excluding hydrogens is 284 g/mol. The van der Waals surface area contributed by atoms with Crippen LogP contribution in [0.2, 0.25) is 5.02 Å². The molecule has 0 heterocycles. The zero-order valence-electron chi connectivity index (χ0n) is 11.8. The van der Waals surface area contributed by atoms with Crippen molar-refractivity contribution in [2.45, 2.75) is 25.4 Å². The van der Waals surface area contributed by atoms with Gasteiger partial charge in [0.15, 0.2) is 0 Å². The molecule has 0 aromatic heterocycles. The highest BCUT2D eigenvalue weighted by Crippen LogP contribution is 2.14. The van der Waals surface area contributed by atoms with Gasteiger partial charge in [0, 0.05) is 11.6 Å². The van der Waals surface area contributed by atoms with Gasteiger partial charge in [-0.25, -0.2) is 0 Å². The number of benzene rings is 2. The molecule has 21 heavy (non-hydrogen) atoms. The first-order chi connectivity index (χ1) is 10.2. The molecule has 0 spiro atoms. The topological polar surface area (TPSA) is 55.1 Å². The van der Waals surface area contributed by atoms with E-state index in [0.717, 1.165) is 12.0 Å². The van der Waals surface area contributed by atoms with Crippen LogP contribution < -0.4 is 11.1 Å². The minimum atomic E-state index is -0.507. The zero-order valence-corrected chi connectivity index (χ0v) is 12.5. The van der Waals surface area contributed by atoms with E-state index in [1.54, 1.807) is 6.07 Å². The van der Waals surface area contributed by atoms with Crippen LogP contribution in [0.1, 0.15) is 17.5 Å². The second kappa shape index (κ2) is 7.81. The highest BCUT2D eigenvalue weighted by Gasteiger charge is 2.13. The molecule has 0 aliphatic carbocycles. The fourth-order valence-corrected chi connectivity index (χ4v) is 2.26. The molecule has 0 fully saturated rings. The van der Waals surface area contributed by atoms with E-state index in [-0.39, 0.29) is 5.91 Å². The van der Waals surface area contributed by atoms with Crippen molar-refractivity contribution < 1.29 is 4.79 Å². The average molecular weight is 303 g/mol. The molecule has 0 saturated carbocycles. The summed E-state index contributed by atoms with van der Waals surface area (Å²) in [6, 6.07) is 16.9. The number of hydrogen-bond acceptors (Lipinski definition) is 2. The first-order valence-electron chi connectivity index (χ1n) is 6.97. The van der Waals surface area contributed by atoms with Crippen LogP contribution in [0.5, 0.6) is 0 Å². The van der Waals surface area contributed by atoms with Crippen molar-refractivity contribution in [1.29, 1.82) is 0 Å². The van der Waals surface area contributed by atoms with Crippen LogP contribution in [-0.2, 0) is 17.8 Å². The molecule has 2 aromatic carbocycles. The highest BCUT2D eigenvalue weighted by atomic mass is 35.5. The molecule has 0 aliphatic heterocycles. The first kappa shape index (κ1) is 15.5. The van der Waals surface area contributed by atoms with Crippen molar-refractivity contribution in [3.05, 3.63) is 70.7 Å². The largest absolute Gasteiger partial charge is 0.351 e. The SMILES string of the molecule is NC(CCc1ccccc1)C(=O)NCc1ccccc1Cl. The summed E-state index contributed by atoms with van der Waals surface area (Å²) >= 11 is 6.05. The lowest BCUT2D eigenvalue weighted by Gasteiger charge is -2.13. The number of nitrogens with two attached hydrogens (primary N) is 1. The molecule has 0 bridgehead atoms. The minimum Gasteiger partial charge on any atom is -0.351 e. The summed E-state index contributed by atoms with van der Waals surface area (Å²) in [5, 5.41) is 3.48. The number of amides is 1. The van der Waals surface area contributed by atoms with E-state index in [2.05, 4.69) is 5.32 Å². The van der Waals surface area contributed by atoms with Gasteiger partial charge in [0.2, 0.25) is 5.91 Å². The fourth-order valence-electron chi connectivity index (χ4n) is 2.05. The third-order valence-corrected chi connectivity index (χ3v) is 3.70. The van der Waals surface area contributed by atoms with Crippen molar-refractivity contribution in [1.82, 2.24) is 5.32 Å². The van der Waals surface area contributed by atoms with Gasteiger partial charge in [-0.15, -0.1) is 0 Å². The summed E-state index contributed by atoms with van der Waals surface area (Å²) in [5.41, 5.74) is 8.00. The molecule has 0 aliphatic rings. The van der Waals surface area contributed by atoms with Crippen LogP contribution in [-0.4, -0.2) is 11.9 Å². The minimum absolute atomic E-state index is 0.147. The lowest BCUT2D eigenvalue weighted by molar-refractivity contribution is -0.122. The number of carbonyl (C=O) groups excluding carboxylic acids is 1. The summed E-state index contributed by atoms with van der Waals surface area (Å²) < 4.78 is 0. The van der Waals surface area contributed by atoms with Crippen molar-refractivity contribution in [2.75, 3.05) is 0 Å². The smallest absolute Gasteiger partial charge is 0.237 e. The maximum atomic E-state index is 12.0. The molecule has 1 amide bonds. The molecule has 2 aromatic rings. The van der Waals surface area contributed by atoms with E-state index >= 15 is 0 Å². The van der Waals surface area contributed by atoms with Crippen molar-refractivity contribution in [3.8, 4) is 0 Å². The van der Waals surface area contributed by atoms with Crippen LogP contribution in [0.4, 0.5) is 0 Å². The normalized spacial score (nSPS) is 11.9. The first-order valence-corrected chi connectivity index (χ1v) is 7.35. The molecule has 1 atom stereocenters. The molecule has 4 heteroatoms. The summed E-state index contributed by atoms with van der Waals surface area (Å²) in [6.45, 7) is 0.400. The van der Waals surface area contributed by atoms with Gasteiger partial charge in [0.1, 0.15) is 0 Å². The summed E-state index contributed by atoms with van der Waals surface area (Å²) in [7, 11) is 0. The van der Waals surface area contributed by atoms with Crippen LogP contribution >= 0.6 is 11.6 Å². The number of hydrogen-bond donors (Lipinski definition) is 2. The Balaban J connectivity index is 1.79. The molecule has 110 valence electrons. The molecule has 3 N–H and O–H groups in total. The fraction of sp³-hybridized carbons (Fsp3) is 0.235. The Kier molecular flexibility index (Phi) is 5.78. The van der Waals surface area contributed by atoms with Crippen LogP contribution in [0.3, 0.4) is 0 Å². The number of nitrogens with one attached hydrogen (secondary N) is 1. The monoisotopic (exact) mass is 302 g/mol. The maximum Gasteiger partial charge on any atom is 0.237 e. The molecule has 0 radical (unpaired) electrons. The highest BCUT2D eigenvalue weighted by molar-refractivity contribution is 6.31. The Morgan fingerprint density at radius 1 is 1.10 bits per heavy atom. The van der Waals surface area contributed by atoms with Crippen molar-refractivity contribution in [3.63, 3.8) is 0 Å². The molecule has 2 rings (SSSR count). The second-order valence-corrected chi connectivity index (χ2v) is 5.35. The van der Waals surface area contributed by atoms with Gasteiger partial charge in [-0.3, -0.25) is 4.79 Å². The standard InChI is InChI=1S/C17H19ClN2O/c18-15-9-5-4-8-14(15)12-20-17(21)16(19)11-10-13-6-2-1-3-7-13/h1-9,16H,10-12,19H2,(H,20,21). The van der Waals surface area contributed by atoms with E-state index < -0.39 is 6.04 Å². The predicted octanol–water partition coefficient (Wildman–Crippen LogP) is 2.92. The number of carbonyl (C=O) groups is 1. The number of rotatable bonds is 6. The second-order valence-electron chi connectivity index (χ2n) is 4.94. The van der Waals surface area contributed by atoms with E-state index in [0.29, 0.717) is 18.0 Å². The van der Waals surface area contributed by atoms with E-state index in [4.69, 9.17) is 17.3 Å². The van der Waals surface area contributed by atoms with Gasteiger partial charge in [-0.1, -0.05) is 60.1 Å². The molecule has 0 saturated heterocycles. The van der Waals surface area contributed by atoms with Crippen LogP contribution in [0, 0.1) is 0 Å². The lowest BCUT2D eigenvalue weighted by Crippen LogP contribution is -2.40. The van der Waals surface area contributed by atoms with E-state index in [9.17, 15) is 4.79 Å². The molecule has 3 nitrogen and oxygen atoms in total. The summed E-state index contributed by atoms with van der Waals surface area (Å²) in [4.78, 5) is 12.0. The van der Waals surface area contributed by atoms with Gasteiger partial charge in [-0.05, 0) is 30.0 Å². The summed E-state index contributed by atoms with van der Waals surface area (Å²) in [6.07, 6.45) is 1.42. The Morgan fingerprint density at radius 2 is 1.76 bits per heavy atom. The Hall–Kier alpha value is -1.84. The number of aryl methyl sites for hydroxylation is 1. The van der Waals surface area contributed by atoms with E-state index in [1.165, 1.54) is 5.56 Å². The van der Waals surface area contributed by atoms with Crippen molar-refractivity contribution >= 4 is 17.5 Å². The quantitative estimate of drug-likeness (QED) is 0.862. The van der Waals surface area contributed by atoms with Gasteiger partial charge in [0.05, 0.1) is 6.04 Å². The lowest BCUT2D eigenvalue weighted by atomic mass is 10.1. The molecule has 1 unspecified atom stereocenters. The third kappa shape index (κ3) is 4.88. The zero-order chi connectivity index (χ0) is 15.1. The predicted molar refractivity (Wildman–Crippen MR) is 86.0 cm³/mol. The van der Waals surface area contributed by atoms with Gasteiger partial charge in [0.25, 0.3) is 0 Å². The van der Waals surface area contributed by atoms with Crippen LogP contribution in [0.25, 0.3) is 0 Å². The van der Waals surface area contributed by atoms with Crippen molar-refractivity contribution in [2.24, 2.45) is 5.73 Å². The Morgan fingerprint density at radius 3 is 2.48 bits per heavy atom. The number of halogens is 1. The third-order valence-electron chi connectivity index (χ3n) is 3.33. The Labute approximate surface area is 130 Å². The van der Waals surface area contributed by atoms with E-state index in [1.807, 2.05) is 48.5 Å². The summed E-state index contributed by atoms with van der Waals surface area (Å²) in [5.74, 6) is -0.147. The van der Waals surface area contributed by atoms with Crippen LogP contribution in [0.15, 0.2) is 54.6 Å². The Bertz CT molecular complexity index is 586. The molecular formula is C17H19ClN2O. The average Bonchev–Trinajstić information content (AvgIpc) is 2.52.